The summed E-state index contributed by atoms with van der Waals surface area (Å²) in [4.78, 5) is 14.7. The number of methoxy groups -OCH3 is 2. The summed E-state index contributed by atoms with van der Waals surface area (Å²) in [6.07, 6.45) is 1.09. The summed E-state index contributed by atoms with van der Waals surface area (Å²) < 4.78 is 10.5. The van der Waals surface area contributed by atoms with E-state index >= 15 is 0 Å². The van der Waals surface area contributed by atoms with E-state index < -0.39 is 0 Å². The molecule has 2 saturated heterocycles. The van der Waals surface area contributed by atoms with Gasteiger partial charge in [0, 0.05) is 31.2 Å². The molecule has 5 heteroatoms. The van der Waals surface area contributed by atoms with Crippen molar-refractivity contribution in [3.63, 3.8) is 0 Å². The number of amides is 1. The Kier molecular flexibility index (Phi) is 3.53. The summed E-state index contributed by atoms with van der Waals surface area (Å²) >= 11 is 0. The van der Waals surface area contributed by atoms with Crippen LogP contribution in [-0.2, 0) is 0 Å². The molecular weight excluding hydrogens is 256 g/mol. The maximum Gasteiger partial charge on any atom is 0.254 e. The van der Waals surface area contributed by atoms with Crippen molar-refractivity contribution in [3.8, 4) is 11.5 Å². The van der Waals surface area contributed by atoms with Gasteiger partial charge in [0.25, 0.3) is 5.91 Å². The molecule has 1 N–H and O–H groups in total. The van der Waals surface area contributed by atoms with Crippen LogP contribution in [-0.4, -0.2) is 50.7 Å². The summed E-state index contributed by atoms with van der Waals surface area (Å²) in [6, 6.07) is 5.69. The highest BCUT2D eigenvalue weighted by Crippen LogP contribution is 2.31. The molecule has 0 saturated carbocycles. The van der Waals surface area contributed by atoms with Crippen LogP contribution in [0.4, 0.5) is 0 Å². The molecule has 2 heterocycles. The molecule has 0 aliphatic carbocycles. The largest absolute Gasteiger partial charge is 0.493 e. The zero-order valence-electron chi connectivity index (χ0n) is 11.9. The van der Waals surface area contributed by atoms with E-state index in [4.69, 9.17) is 9.47 Å². The highest BCUT2D eigenvalue weighted by molar-refractivity contribution is 5.95. The maximum atomic E-state index is 12.7. The van der Waals surface area contributed by atoms with Gasteiger partial charge >= 0.3 is 0 Å². The van der Waals surface area contributed by atoms with Gasteiger partial charge in [-0.3, -0.25) is 4.79 Å². The highest BCUT2D eigenvalue weighted by atomic mass is 16.5. The van der Waals surface area contributed by atoms with Crippen LogP contribution in [0.3, 0.4) is 0 Å². The lowest BCUT2D eigenvalue weighted by atomic mass is 10.0. The van der Waals surface area contributed by atoms with E-state index in [1.807, 2.05) is 4.90 Å². The van der Waals surface area contributed by atoms with Crippen molar-refractivity contribution in [2.45, 2.75) is 12.5 Å². The van der Waals surface area contributed by atoms with Crippen LogP contribution in [0.1, 0.15) is 16.8 Å². The molecule has 1 amide bonds. The fraction of sp³-hybridized carbons (Fsp3) is 0.533. The van der Waals surface area contributed by atoms with Gasteiger partial charge in [-0.15, -0.1) is 0 Å². The Bertz CT molecular complexity index is 518. The first-order valence-electron chi connectivity index (χ1n) is 6.98. The van der Waals surface area contributed by atoms with Gasteiger partial charge in [0.05, 0.1) is 14.2 Å². The van der Waals surface area contributed by atoms with Crippen molar-refractivity contribution in [1.29, 1.82) is 0 Å². The van der Waals surface area contributed by atoms with Crippen LogP contribution < -0.4 is 14.8 Å². The van der Waals surface area contributed by atoms with Gasteiger partial charge in [-0.25, -0.2) is 0 Å². The number of nitrogens with zero attached hydrogens (tertiary/aromatic N) is 1. The molecule has 0 unspecified atom stereocenters. The molecule has 0 bridgehead atoms. The smallest absolute Gasteiger partial charge is 0.254 e. The molecule has 108 valence electrons. The Morgan fingerprint density at radius 1 is 1.25 bits per heavy atom. The van der Waals surface area contributed by atoms with Gasteiger partial charge in [0.15, 0.2) is 11.5 Å². The van der Waals surface area contributed by atoms with Gasteiger partial charge in [0.2, 0.25) is 0 Å². The molecule has 2 aliphatic rings. The molecule has 20 heavy (non-hydrogen) atoms. The minimum Gasteiger partial charge on any atom is -0.493 e. The van der Waals surface area contributed by atoms with Crippen LogP contribution in [0.25, 0.3) is 0 Å². The molecule has 2 atom stereocenters. The van der Waals surface area contributed by atoms with Gasteiger partial charge in [-0.1, -0.05) is 0 Å². The fourth-order valence-electron chi connectivity index (χ4n) is 3.24. The van der Waals surface area contributed by atoms with Crippen molar-refractivity contribution in [2.24, 2.45) is 5.92 Å². The van der Waals surface area contributed by atoms with Crippen molar-refractivity contribution < 1.29 is 14.3 Å². The summed E-state index contributed by atoms with van der Waals surface area (Å²) in [6.45, 7) is 2.79. The number of hydrogen-bond donors (Lipinski definition) is 1. The molecule has 2 aliphatic heterocycles. The van der Waals surface area contributed by atoms with Crippen LogP contribution in [0.5, 0.6) is 11.5 Å². The summed E-state index contributed by atoms with van der Waals surface area (Å²) in [5.41, 5.74) is 0.662. The zero-order chi connectivity index (χ0) is 14.1. The van der Waals surface area contributed by atoms with E-state index in [0.29, 0.717) is 29.0 Å². The van der Waals surface area contributed by atoms with Crippen LogP contribution in [0, 0.1) is 5.92 Å². The van der Waals surface area contributed by atoms with Crippen LogP contribution in [0.2, 0.25) is 0 Å². The van der Waals surface area contributed by atoms with E-state index in [2.05, 4.69) is 5.32 Å². The predicted molar refractivity (Wildman–Crippen MR) is 75.3 cm³/mol. The molecule has 0 radical (unpaired) electrons. The van der Waals surface area contributed by atoms with E-state index in [1.165, 1.54) is 0 Å². The summed E-state index contributed by atoms with van der Waals surface area (Å²) in [5, 5.41) is 3.36. The monoisotopic (exact) mass is 276 g/mol. The second-order valence-corrected chi connectivity index (χ2v) is 5.34. The molecule has 0 aromatic heterocycles. The van der Waals surface area contributed by atoms with Crippen molar-refractivity contribution >= 4 is 5.91 Å². The second-order valence-electron chi connectivity index (χ2n) is 5.34. The summed E-state index contributed by atoms with van der Waals surface area (Å²) in [7, 11) is 3.17. The number of likely N-dealkylation sites (tertiary alicyclic amines) is 1. The molecular formula is C15H20N2O3. The molecule has 0 spiro atoms. The lowest BCUT2D eigenvalue weighted by molar-refractivity contribution is 0.0736. The Balaban J connectivity index is 1.83. The average molecular weight is 276 g/mol. The third-order valence-electron chi connectivity index (χ3n) is 4.34. The van der Waals surface area contributed by atoms with Gasteiger partial charge in [0.1, 0.15) is 0 Å². The minimum absolute atomic E-state index is 0.0853. The van der Waals surface area contributed by atoms with E-state index in [-0.39, 0.29) is 5.91 Å². The minimum atomic E-state index is 0.0853. The normalized spacial score (nSPS) is 24.6. The lowest BCUT2D eigenvalue weighted by Crippen LogP contribution is -2.39. The van der Waals surface area contributed by atoms with Crippen molar-refractivity contribution in [3.05, 3.63) is 23.8 Å². The number of ether oxygens (including phenoxy) is 2. The Morgan fingerprint density at radius 2 is 2.05 bits per heavy atom. The topological polar surface area (TPSA) is 50.8 Å². The maximum absolute atomic E-state index is 12.7. The number of carbonyl (C=O) groups excluding carboxylic acids is 1. The van der Waals surface area contributed by atoms with Crippen LogP contribution >= 0.6 is 0 Å². The van der Waals surface area contributed by atoms with E-state index in [9.17, 15) is 4.79 Å². The van der Waals surface area contributed by atoms with Gasteiger partial charge in [-0.2, -0.15) is 0 Å². The first-order chi connectivity index (χ1) is 9.74. The first-order valence-corrected chi connectivity index (χ1v) is 6.98. The predicted octanol–water partition coefficient (Wildman–Crippen LogP) is 1.14. The number of fused-ring (bicyclic) bond motifs is 1. The van der Waals surface area contributed by atoms with Crippen molar-refractivity contribution in [2.75, 3.05) is 33.9 Å². The third kappa shape index (κ3) is 2.12. The highest BCUT2D eigenvalue weighted by Gasteiger charge is 2.40. The molecule has 3 rings (SSSR count). The molecule has 1 aromatic rings. The third-order valence-corrected chi connectivity index (χ3v) is 4.34. The number of nitrogens with one attached hydrogen (secondary N) is 1. The number of rotatable bonds is 3. The van der Waals surface area contributed by atoms with Gasteiger partial charge in [-0.05, 0) is 30.5 Å². The summed E-state index contributed by atoms with van der Waals surface area (Å²) in [5.74, 6) is 1.94. The van der Waals surface area contributed by atoms with E-state index in [1.54, 1.807) is 32.4 Å². The SMILES string of the molecule is COc1ccc(C(=O)N2CC[C@H]3CNC[C@H]32)cc1OC. The lowest BCUT2D eigenvalue weighted by Gasteiger charge is -2.23. The Labute approximate surface area is 118 Å². The number of benzene rings is 1. The van der Waals surface area contributed by atoms with Crippen molar-refractivity contribution in [1.82, 2.24) is 10.2 Å². The van der Waals surface area contributed by atoms with E-state index in [0.717, 1.165) is 26.1 Å². The van der Waals surface area contributed by atoms with Crippen LogP contribution in [0.15, 0.2) is 18.2 Å². The second kappa shape index (κ2) is 5.32. The number of carbonyl (C=O) groups is 1. The first kappa shape index (κ1) is 13.2. The number of hydrogen-bond acceptors (Lipinski definition) is 4. The Hall–Kier alpha value is -1.75. The quantitative estimate of drug-likeness (QED) is 0.899. The molecule has 1 aromatic carbocycles. The molecule has 2 fully saturated rings. The molecule has 5 nitrogen and oxygen atoms in total. The standard InChI is InChI=1S/C15H20N2O3/c1-19-13-4-3-10(7-14(13)20-2)15(18)17-6-5-11-8-16-9-12(11)17/h3-4,7,11-12,16H,5-6,8-9H2,1-2H3/t11-,12+/m0/s1. The zero-order valence-corrected chi connectivity index (χ0v) is 11.9. The average Bonchev–Trinajstić information content (AvgIpc) is 3.08. The fourth-order valence-corrected chi connectivity index (χ4v) is 3.24. The van der Waals surface area contributed by atoms with Gasteiger partial charge < -0.3 is 19.7 Å². The Morgan fingerprint density at radius 3 is 2.80 bits per heavy atom.